The number of nitrogens with one attached hydrogen (secondary N) is 1. The molecule has 0 amide bonds. The highest BCUT2D eigenvalue weighted by atomic mass is 16.5. The summed E-state index contributed by atoms with van der Waals surface area (Å²) < 4.78 is 5.20. The minimum absolute atomic E-state index is 0.708. The van der Waals surface area contributed by atoms with Gasteiger partial charge in [0.15, 0.2) is 5.82 Å². The molecule has 0 saturated heterocycles. The molecule has 0 bridgehead atoms. The normalized spacial score (nSPS) is 10.3. The first-order valence-electron chi connectivity index (χ1n) is 6.24. The van der Waals surface area contributed by atoms with Crippen molar-refractivity contribution in [1.82, 2.24) is 15.0 Å². The molecule has 2 aromatic heterocycles. The zero-order valence-electron chi connectivity index (χ0n) is 11.7. The molecule has 0 aromatic carbocycles. The van der Waals surface area contributed by atoms with Crippen molar-refractivity contribution in [1.29, 1.82) is 0 Å². The highest BCUT2D eigenvalue weighted by Gasteiger charge is 2.11. The molecule has 5 nitrogen and oxygen atoms in total. The fraction of sp³-hybridized carbons (Fsp3) is 0.357. The Balaban J connectivity index is 2.55. The summed E-state index contributed by atoms with van der Waals surface area (Å²) in [6.07, 6.45) is 3.44. The summed E-state index contributed by atoms with van der Waals surface area (Å²) >= 11 is 0. The van der Waals surface area contributed by atoms with Crippen LogP contribution in [0.25, 0.3) is 11.3 Å². The quantitative estimate of drug-likeness (QED) is 0.913. The van der Waals surface area contributed by atoms with Crippen molar-refractivity contribution in [2.45, 2.75) is 20.8 Å². The molecular weight excluding hydrogens is 240 g/mol. The van der Waals surface area contributed by atoms with E-state index in [1.807, 2.05) is 26.8 Å². The summed E-state index contributed by atoms with van der Waals surface area (Å²) in [7, 11) is 1.62. The van der Waals surface area contributed by atoms with Crippen LogP contribution in [0.5, 0.6) is 5.75 Å². The van der Waals surface area contributed by atoms with Crippen molar-refractivity contribution in [3.8, 4) is 17.0 Å². The first kappa shape index (κ1) is 13.3. The van der Waals surface area contributed by atoms with Crippen molar-refractivity contribution in [2.75, 3.05) is 19.0 Å². The molecule has 0 radical (unpaired) electrons. The Labute approximate surface area is 113 Å². The van der Waals surface area contributed by atoms with Crippen LogP contribution in [0.3, 0.4) is 0 Å². The molecule has 0 aliphatic heterocycles. The number of nitrogens with zero attached hydrogens (tertiary/aromatic N) is 3. The van der Waals surface area contributed by atoms with Gasteiger partial charge in [0.1, 0.15) is 11.4 Å². The second kappa shape index (κ2) is 5.65. The molecule has 0 saturated carbocycles. The van der Waals surface area contributed by atoms with Crippen LogP contribution in [0.4, 0.5) is 5.82 Å². The number of hydrogen-bond acceptors (Lipinski definition) is 5. The standard InChI is InChI=1S/C14H18N4O/c1-5-16-14-13(17-9(2)10(3)18-14)11-6-12(19-4)8-15-7-11/h6-8H,5H2,1-4H3,(H,16,18). The van der Waals surface area contributed by atoms with E-state index in [1.54, 1.807) is 19.5 Å². The van der Waals surface area contributed by atoms with Gasteiger partial charge in [0.25, 0.3) is 0 Å². The van der Waals surface area contributed by atoms with Gasteiger partial charge in [0.05, 0.1) is 24.7 Å². The topological polar surface area (TPSA) is 59.9 Å². The number of methoxy groups -OCH3 is 1. The maximum atomic E-state index is 5.20. The van der Waals surface area contributed by atoms with Crippen LogP contribution in [-0.4, -0.2) is 28.6 Å². The maximum Gasteiger partial charge on any atom is 0.152 e. The Morgan fingerprint density at radius 3 is 2.58 bits per heavy atom. The molecule has 1 N–H and O–H groups in total. The van der Waals surface area contributed by atoms with Crippen molar-refractivity contribution in [3.05, 3.63) is 29.8 Å². The molecule has 0 aliphatic carbocycles. The average Bonchev–Trinajstić information content (AvgIpc) is 2.43. The molecule has 2 heterocycles. The Kier molecular flexibility index (Phi) is 3.94. The fourth-order valence-electron chi connectivity index (χ4n) is 1.76. The minimum atomic E-state index is 0.708. The zero-order chi connectivity index (χ0) is 13.8. The highest BCUT2D eigenvalue weighted by Crippen LogP contribution is 2.27. The summed E-state index contributed by atoms with van der Waals surface area (Å²) in [6, 6.07) is 1.91. The van der Waals surface area contributed by atoms with E-state index in [0.29, 0.717) is 5.75 Å². The number of rotatable bonds is 4. The number of aryl methyl sites for hydroxylation is 2. The third kappa shape index (κ3) is 2.81. The van der Waals surface area contributed by atoms with Crippen LogP contribution in [0.1, 0.15) is 18.3 Å². The Hall–Kier alpha value is -2.17. The van der Waals surface area contributed by atoms with E-state index in [2.05, 4.69) is 20.3 Å². The molecule has 0 spiro atoms. The highest BCUT2D eigenvalue weighted by molar-refractivity contribution is 5.72. The second-order valence-corrected chi connectivity index (χ2v) is 4.24. The number of pyridine rings is 1. The molecule has 0 unspecified atom stereocenters. The van der Waals surface area contributed by atoms with Gasteiger partial charge in [-0.05, 0) is 26.8 Å². The van der Waals surface area contributed by atoms with Crippen molar-refractivity contribution >= 4 is 5.82 Å². The third-order valence-corrected chi connectivity index (χ3v) is 2.87. The molecular formula is C14H18N4O. The van der Waals surface area contributed by atoms with Crippen molar-refractivity contribution < 1.29 is 4.74 Å². The predicted octanol–water partition coefficient (Wildman–Crippen LogP) is 2.60. The average molecular weight is 258 g/mol. The molecule has 0 fully saturated rings. The summed E-state index contributed by atoms with van der Waals surface area (Å²) in [4.78, 5) is 13.3. The maximum absolute atomic E-state index is 5.20. The van der Waals surface area contributed by atoms with Gasteiger partial charge < -0.3 is 10.1 Å². The molecule has 2 rings (SSSR count). The van der Waals surface area contributed by atoms with Gasteiger partial charge >= 0.3 is 0 Å². The summed E-state index contributed by atoms with van der Waals surface area (Å²) in [5, 5.41) is 3.24. The fourth-order valence-corrected chi connectivity index (χ4v) is 1.76. The SMILES string of the molecule is CCNc1nc(C)c(C)nc1-c1cncc(OC)c1. The summed E-state index contributed by atoms with van der Waals surface area (Å²) in [6.45, 7) is 6.73. The predicted molar refractivity (Wildman–Crippen MR) is 75.5 cm³/mol. The number of ether oxygens (including phenoxy) is 1. The van der Waals surface area contributed by atoms with Crippen LogP contribution in [0.15, 0.2) is 18.5 Å². The van der Waals surface area contributed by atoms with Gasteiger partial charge in [0, 0.05) is 18.3 Å². The Morgan fingerprint density at radius 1 is 1.16 bits per heavy atom. The van der Waals surface area contributed by atoms with Gasteiger partial charge in [-0.2, -0.15) is 0 Å². The smallest absolute Gasteiger partial charge is 0.152 e. The summed E-state index contributed by atoms with van der Waals surface area (Å²) in [5.41, 5.74) is 3.54. The largest absolute Gasteiger partial charge is 0.495 e. The van der Waals surface area contributed by atoms with Crippen molar-refractivity contribution in [3.63, 3.8) is 0 Å². The van der Waals surface area contributed by atoms with E-state index in [9.17, 15) is 0 Å². The van der Waals surface area contributed by atoms with E-state index in [-0.39, 0.29) is 0 Å². The lowest BCUT2D eigenvalue weighted by Crippen LogP contribution is -2.06. The summed E-state index contributed by atoms with van der Waals surface area (Å²) in [5.74, 6) is 1.49. The number of anilines is 1. The van der Waals surface area contributed by atoms with Crippen molar-refractivity contribution in [2.24, 2.45) is 0 Å². The number of aromatic nitrogens is 3. The first-order chi connectivity index (χ1) is 9.15. The first-order valence-corrected chi connectivity index (χ1v) is 6.24. The molecule has 19 heavy (non-hydrogen) atoms. The monoisotopic (exact) mass is 258 g/mol. The number of hydrogen-bond donors (Lipinski definition) is 1. The van der Waals surface area contributed by atoms with E-state index >= 15 is 0 Å². The molecule has 100 valence electrons. The van der Waals surface area contributed by atoms with Crippen LogP contribution in [-0.2, 0) is 0 Å². The van der Waals surface area contributed by atoms with Crippen LogP contribution in [0.2, 0.25) is 0 Å². The van der Waals surface area contributed by atoms with E-state index < -0.39 is 0 Å². The molecule has 0 aliphatic rings. The lowest BCUT2D eigenvalue weighted by Gasteiger charge is -2.12. The molecule has 5 heteroatoms. The van der Waals surface area contributed by atoms with Crippen LogP contribution < -0.4 is 10.1 Å². The van der Waals surface area contributed by atoms with E-state index in [4.69, 9.17) is 4.74 Å². The Bertz CT molecular complexity index is 584. The van der Waals surface area contributed by atoms with E-state index in [0.717, 1.165) is 35.0 Å². The zero-order valence-corrected chi connectivity index (χ0v) is 11.7. The van der Waals surface area contributed by atoms with Gasteiger partial charge in [-0.15, -0.1) is 0 Å². The van der Waals surface area contributed by atoms with Gasteiger partial charge in [-0.25, -0.2) is 9.97 Å². The van der Waals surface area contributed by atoms with Gasteiger partial charge in [-0.3, -0.25) is 4.98 Å². The minimum Gasteiger partial charge on any atom is -0.495 e. The molecule has 2 aromatic rings. The second-order valence-electron chi connectivity index (χ2n) is 4.24. The van der Waals surface area contributed by atoms with Gasteiger partial charge in [-0.1, -0.05) is 0 Å². The van der Waals surface area contributed by atoms with Crippen LogP contribution >= 0.6 is 0 Å². The van der Waals surface area contributed by atoms with Gasteiger partial charge in [0.2, 0.25) is 0 Å². The Morgan fingerprint density at radius 2 is 1.89 bits per heavy atom. The lowest BCUT2D eigenvalue weighted by molar-refractivity contribution is 0.413. The van der Waals surface area contributed by atoms with Crippen LogP contribution in [0, 0.1) is 13.8 Å². The lowest BCUT2D eigenvalue weighted by atomic mass is 10.2. The van der Waals surface area contributed by atoms with E-state index in [1.165, 1.54) is 0 Å². The third-order valence-electron chi connectivity index (χ3n) is 2.87. The molecule has 0 atom stereocenters.